The van der Waals surface area contributed by atoms with Gasteiger partial charge in [0.2, 0.25) is 0 Å². The van der Waals surface area contributed by atoms with Gasteiger partial charge in [-0.05, 0) is 31.5 Å². The molecule has 0 spiro atoms. The first kappa shape index (κ1) is 21.2. The van der Waals surface area contributed by atoms with E-state index in [9.17, 15) is 0 Å². The molecule has 0 aliphatic carbocycles. The smallest absolute Gasteiger partial charge is 0.341 e. The summed E-state index contributed by atoms with van der Waals surface area (Å²) in [6.07, 6.45) is 11.2. The van der Waals surface area contributed by atoms with E-state index >= 15 is 0 Å². The number of rotatable bonds is 13. The van der Waals surface area contributed by atoms with E-state index in [1.165, 1.54) is 50.5 Å². The van der Waals surface area contributed by atoms with Crippen molar-refractivity contribution in [3.8, 4) is 5.75 Å². The zero-order valence-electron chi connectivity index (χ0n) is 14.1. The average Bonchev–Trinajstić information content (AvgIpc) is 2.49. The van der Waals surface area contributed by atoms with E-state index in [0.717, 1.165) is 31.2 Å². The first-order chi connectivity index (χ1) is 11.0. The number of hydrogen-bond acceptors (Lipinski definition) is 1. The maximum absolute atomic E-state index is 5.86. The molecule has 0 heterocycles. The first-order valence-corrected chi connectivity index (χ1v) is 14.0. The van der Waals surface area contributed by atoms with Gasteiger partial charge in [0.25, 0.3) is 0 Å². The van der Waals surface area contributed by atoms with E-state index in [0.29, 0.717) is 0 Å². The minimum absolute atomic E-state index is 0.804. The fourth-order valence-corrected chi connectivity index (χ4v) is 4.34. The van der Waals surface area contributed by atoms with Crippen molar-refractivity contribution in [1.29, 1.82) is 0 Å². The summed E-state index contributed by atoms with van der Waals surface area (Å²) in [6.45, 7) is 2.91. The van der Waals surface area contributed by atoms with Crippen LogP contribution < -0.4 is 4.74 Å². The highest BCUT2D eigenvalue weighted by atomic mass is 35.8. The third-order valence-corrected chi connectivity index (χ3v) is 6.52. The fourth-order valence-electron chi connectivity index (χ4n) is 2.49. The van der Waals surface area contributed by atoms with Crippen molar-refractivity contribution < 1.29 is 4.74 Å². The standard InChI is InChI=1S/C18H29Cl3OSi/c1-17-11-13-18(14-12-17)22-15-9-7-5-3-2-4-6-8-10-16-23(19,20)21/h11-14H,2-10,15-16H2,1H3. The molecule has 5 heteroatoms. The van der Waals surface area contributed by atoms with Crippen LogP contribution >= 0.6 is 33.2 Å². The molecule has 1 aromatic carbocycles. The van der Waals surface area contributed by atoms with Gasteiger partial charge in [0.1, 0.15) is 5.75 Å². The lowest BCUT2D eigenvalue weighted by molar-refractivity contribution is 0.304. The average molecular weight is 396 g/mol. The molecule has 0 aromatic heterocycles. The van der Waals surface area contributed by atoms with Crippen LogP contribution in [-0.2, 0) is 0 Å². The Morgan fingerprint density at radius 3 is 1.74 bits per heavy atom. The lowest BCUT2D eigenvalue weighted by Gasteiger charge is -2.07. The quantitative estimate of drug-likeness (QED) is 0.190. The molecule has 23 heavy (non-hydrogen) atoms. The summed E-state index contributed by atoms with van der Waals surface area (Å²) in [5, 5.41) is 0. The predicted molar refractivity (Wildman–Crippen MR) is 106 cm³/mol. The summed E-state index contributed by atoms with van der Waals surface area (Å²) < 4.78 is 5.73. The van der Waals surface area contributed by atoms with Crippen LogP contribution in [0.2, 0.25) is 6.04 Å². The maximum atomic E-state index is 5.86. The minimum Gasteiger partial charge on any atom is -0.494 e. The summed E-state index contributed by atoms with van der Waals surface area (Å²) in [4.78, 5) is 0. The highest BCUT2D eigenvalue weighted by molar-refractivity contribution is 7.64. The van der Waals surface area contributed by atoms with Crippen LogP contribution in [0.3, 0.4) is 0 Å². The molecular weight excluding hydrogens is 367 g/mol. The Morgan fingerprint density at radius 2 is 1.22 bits per heavy atom. The number of ether oxygens (including phenoxy) is 1. The lowest BCUT2D eigenvalue weighted by Crippen LogP contribution is -2.07. The van der Waals surface area contributed by atoms with Crippen molar-refractivity contribution in [2.75, 3.05) is 6.61 Å². The zero-order chi connectivity index (χ0) is 17.0. The van der Waals surface area contributed by atoms with Gasteiger partial charge in [-0.1, -0.05) is 69.1 Å². The van der Waals surface area contributed by atoms with E-state index < -0.39 is 6.00 Å². The molecule has 0 radical (unpaired) electrons. The van der Waals surface area contributed by atoms with Gasteiger partial charge in [-0.25, -0.2) is 0 Å². The van der Waals surface area contributed by atoms with Gasteiger partial charge in [-0.15, -0.1) is 33.2 Å². The maximum Gasteiger partial charge on any atom is 0.341 e. The van der Waals surface area contributed by atoms with Crippen LogP contribution in [0.25, 0.3) is 0 Å². The van der Waals surface area contributed by atoms with Crippen LogP contribution in [0.4, 0.5) is 0 Å². The molecule has 0 aliphatic heterocycles. The summed E-state index contributed by atoms with van der Waals surface area (Å²) in [7, 11) is 0. The van der Waals surface area contributed by atoms with E-state index in [1.54, 1.807) is 0 Å². The molecule has 0 aliphatic rings. The third kappa shape index (κ3) is 13.1. The first-order valence-electron chi connectivity index (χ1n) is 8.73. The second-order valence-electron chi connectivity index (χ2n) is 6.21. The molecule has 0 unspecified atom stereocenters. The number of hydrogen-bond donors (Lipinski definition) is 0. The molecule has 0 atom stereocenters. The highest BCUT2D eigenvalue weighted by Gasteiger charge is 2.23. The van der Waals surface area contributed by atoms with E-state index in [-0.39, 0.29) is 0 Å². The molecule has 0 bridgehead atoms. The van der Waals surface area contributed by atoms with Crippen molar-refractivity contribution in [3.63, 3.8) is 0 Å². The Hall–Kier alpha value is 0.107. The molecule has 0 saturated heterocycles. The van der Waals surface area contributed by atoms with Gasteiger partial charge in [0, 0.05) is 0 Å². The van der Waals surface area contributed by atoms with Crippen LogP contribution in [0, 0.1) is 6.92 Å². The van der Waals surface area contributed by atoms with Crippen LogP contribution in [0.1, 0.15) is 63.4 Å². The molecule has 132 valence electrons. The Kier molecular flexibility index (Phi) is 11.5. The second kappa shape index (κ2) is 12.5. The van der Waals surface area contributed by atoms with Crippen molar-refractivity contribution in [3.05, 3.63) is 29.8 Å². The van der Waals surface area contributed by atoms with Crippen LogP contribution in [-0.4, -0.2) is 12.6 Å². The topological polar surface area (TPSA) is 9.23 Å². The lowest BCUT2D eigenvalue weighted by atomic mass is 10.1. The molecule has 1 aromatic rings. The van der Waals surface area contributed by atoms with Gasteiger partial charge >= 0.3 is 6.00 Å². The normalized spacial score (nSPS) is 11.7. The summed E-state index contributed by atoms with van der Waals surface area (Å²) in [6, 6.07) is 6.69. The van der Waals surface area contributed by atoms with Crippen LogP contribution in [0.15, 0.2) is 24.3 Å². The number of benzene rings is 1. The zero-order valence-corrected chi connectivity index (χ0v) is 17.4. The van der Waals surface area contributed by atoms with Gasteiger partial charge in [-0.2, -0.15) is 0 Å². The fraction of sp³-hybridized carbons (Fsp3) is 0.667. The van der Waals surface area contributed by atoms with Gasteiger partial charge < -0.3 is 4.74 Å². The highest BCUT2D eigenvalue weighted by Crippen LogP contribution is 2.27. The second-order valence-corrected chi connectivity index (χ2v) is 15.5. The minimum atomic E-state index is -2.37. The molecule has 0 fully saturated rings. The van der Waals surface area contributed by atoms with Crippen LogP contribution in [0.5, 0.6) is 5.75 Å². The summed E-state index contributed by atoms with van der Waals surface area (Å²) >= 11 is 17.6. The van der Waals surface area contributed by atoms with Crippen molar-refractivity contribution in [1.82, 2.24) is 0 Å². The van der Waals surface area contributed by atoms with Crippen molar-refractivity contribution >= 4 is 39.2 Å². The van der Waals surface area contributed by atoms with Gasteiger partial charge in [0.05, 0.1) is 6.61 Å². The number of aryl methyl sites for hydroxylation is 1. The van der Waals surface area contributed by atoms with E-state index in [2.05, 4.69) is 19.1 Å². The predicted octanol–water partition coefficient (Wildman–Crippen LogP) is 7.54. The summed E-state index contributed by atoms with van der Waals surface area (Å²) in [5.74, 6) is 0.980. The largest absolute Gasteiger partial charge is 0.494 e. The molecule has 0 saturated carbocycles. The van der Waals surface area contributed by atoms with E-state index in [4.69, 9.17) is 38.0 Å². The molecule has 0 amide bonds. The van der Waals surface area contributed by atoms with Crippen molar-refractivity contribution in [2.45, 2.75) is 70.8 Å². The van der Waals surface area contributed by atoms with E-state index in [1.807, 2.05) is 12.1 Å². The van der Waals surface area contributed by atoms with Crippen molar-refractivity contribution in [2.24, 2.45) is 0 Å². The molecule has 1 rings (SSSR count). The Bertz CT molecular complexity index is 404. The SMILES string of the molecule is Cc1ccc(OCCCCCCCCCCC[Si](Cl)(Cl)Cl)cc1. The monoisotopic (exact) mass is 394 g/mol. The molecule has 1 nitrogen and oxygen atoms in total. The van der Waals surface area contributed by atoms with Gasteiger partial charge in [-0.3, -0.25) is 0 Å². The molecular formula is C18H29Cl3OSi. The number of halogens is 3. The Balaban J connectivity index is 1.82. The summed E-state index contributed by atoms with van der Waals surface area (Å²) in [5.41, 5.74) is 1.27. The molecule has 0 N–H and O–H groups in total. The van der Waals surface area contributed by atoms with Gasteiger partial charge in [0.15, 0.2) is 0 Å². The Morgan fingerprint density at radius 1 is 0.739 bits per heavy atom. The number of unbranched alkanes of at least 4 members (excludes halogenated alkanes) is 8. The third-order valence-electron chi connectivity index (χ3n) is 3.89. The Labute approximate surface area is 156 Å².